The van der Waals surface area contributed by atoms with E-state index in [0.717, 1.165) is 38.6 Å². The molecule has 0 aromatic rings. The van der Waals surface area contributed by atoms with Crippen LogP contribution in [0.2, 0.25) is 0 Å². The summed E-state index contributed by atoms with van der Waals surface area (Å²) >= 11 is 0. The largest absolute Gasteiger partial charge is 0.305 e. The van der Waals surface area contributed by atoms with Gasteiger partial charge in [-0.25, -0.2) is 0 Å². The molecule has 1 rings (SSSR count). The van der Waals surface area contributed by atoms with Gasteiger partial charge in [-0.2, -0.15) is 0 Å². The number of allylic oxidation sites excluding steroid dienone is 1. The minimum atomic E-state index is -0.183. The van der Waals surface area contributed by atoms with Gasteiger partial charge in [0.2, 0.25) is 0 Å². The molecule has 1 aliphatic rings. The zero-order valence-corrected chi connectivity index (χ0v) is 9.14. The second-order valence-corrected chi connectivity index (χ2v) is 4.11. The summed E-state index contributed by atoms with van der Waals surface area (Å²) in [5.74, 6) is 0.386. The van der Waals surface area contributed by atoms with Crippen molar-refractivity contribution >= 4 is 5.78 Å². The molecule has 1 unspecified atom stereocenters. The summed E-state index contributed by atoms with van der Waals surface area (Å²) in [7, 11) is 0. The van der Waals surface area contributed by atoms with E-state index >= 15 is 0 Å². The van der Waals surface area contributed by atoms with Crippen molar-refractivity contribution in [1.29, 1.82) is 0 Å². The highest BCUT2D eigenvalue weighted by Gasteiger charge is 2.38. The molecule has 0 spiro atoms. The molecule has 0 bridgehead atoms. The average molecular weight is 195 g/mol. The fourth-order valence-corrected chi connectivity index (χ4v) is 2.30. The second kappa shape index (κ2) is 5.30. The molecule has 1 fully saturated rings. The van der Waals surface area contributed by atoms with Gasteiger partial charge >= 0.3 is 0 Å². The molecule has 14 heavy (non-hydrogen) atoms. The van der Waals surface area contributed by atoms with Gasteiger partial charge in [-0.3, -0.25) is 4.79 Å². The molecule has 2 nitrogen and oxygen atoms in total. The van der Waals surface area contributed by atoms with Crippen LogP contribution in [0.1, 0.15) is 45.4 Å². The van der Waals surface area contributed by atoms with E-state index in [4.69, 9.17) is 0 Å². The minimum absolute atomic E-state index is 0.183. The lowest BCUT2D eigenvalue weighted by Crippen LogP contribution is -2.47. The molecule has 0 aromatic carbocycles. The molecule has 1 saturated heterocycles. The first-order valence-corrected chi connectivity index (χ1v) is 5.64. The van der Waals surface area contributed by atoms with E-state index in [1.807, 2.05) is 6.08 Å². The van der Waals surface area contributed by atoms with E-state index in [9.17, 15) is 4.79 Å². The van der Waals surface area contributed by atoms with Crippen LogP contribution < -0.4 is 5.32 Å². The van der Waals surface area contributed by atoms with Crippen molar-refractivity contribution < 1.29 is 4.79 Å². The highest BCUT2D eigenvalue weighted by Crippen LogP contribution is 2.27. The van der Waals surface area contributed by atoms with Crippen LogP contribution in [-0.2, 0) is 4.79 Å². The van der Waals surface area contributed by atoms with Crippen LogP contribution in [-0.4, -0.2) is 17.9 Å². The topological polar surface area (TPSA) is 29.1 Å². The van der Waals surface area contributed by atoms with Gasteiger partial charge in [-0.15, -0.1) is 6.58 Å². The lowest BCUT2D eigenvalue weighted by Gasteiger charge is -2.27. The van der Waals surface area contributed by atoms with Crippen LogP contribution in [0.3, 0.4) is 0 Å². The van der Waals surface area contributed by atoms with E-state index in [-0.39, 0.29) is 5.54 Å². The van der Waals surface area contributed by atoms with Crippen LogP contribution in [0, 0.1) is 0 Å². The van der Waals surface area contributed by atoms with E-state index in [2.05, 4.69) is 18.8 Å². The molecule has 80 valence electrons. The van der Waals surface area contributed by atoms with E-state index in [1.54, 1.807) is 0 Å². The molecule has 0 amide bonds. The quantitative estimate of drug-likeness (QED) is 0.660. The fourth-order valence-electron chi connectivity index (χ4n) is 2.30. The summed E-state index contributed by atoms with van der Waals surface area (Å²) in [4.78, 5) is 12.0. The number of Topliss-reactive ketones (excluding diaryl/α,β-unsaturated/α-hetero) is 1. The molecule has 0 saturated carbocycles. The molecular formula is C12H21NO. The Morgan fingerprint density at radius 3 is 2.93 bits per heavy atom. The van der Waals surface area contributed by atoms with Crippen molar-refractivity contribution in [2.45, 2.75) is 51.0 Å². The lowest BCUT2D eigenvalue weighted by molar-refractivity contribution is -0.125. The zero-order valence-electron chi connectivity index (χ0n) is 9.14. The maximum atomic E-state index is 12.0. The van der Waals surface area contributed by atoms with Gasteiger partial charge in [0.1, 0.15) is 0 Å². The van der Waals surface area contributed by atoms with Gasteiger partial charge in [0.15, 0.2) is 5.78 Å². The zero-order chi connectivity index (χ0) is 10.4. The Labute approximate surface area is 86.8 Å². The second-order valence-electron chi connectivity index (χ2n) is 4.11. The van der Waals surface area contributed by atoms with Crippen molar-refractivity contribution in [3.8, 4) is 0 Å². The Bertz CT molecular complexity index is 204. The molecule has 2 heteroatoms. The first kappa shape index (κ1) is 11.4. The third kappa shape index (κ3) is 2.44. The van der Waals surface area contributed by atoms with E-state index < -0.39 is 0 Å². The third-order valence-corrected chi connectivity index (χ3v) is 3.03. The Morgan fingerprint density at radius 2 is 2.43 bits per heavy atom. The van der Waals surface area contributed by atoms with Crippen LogP contribution in [0.4, 0.5) is 0 Å². The van der Waals surface area contributed by atoms with Crippen LogP contribution in [0.15, 0.2) is 12.7 Å². The fraction of sp³-hybridized carbons (Fsp3) is 0.750. The van der Waals surface area contributed by atoms with Gasteiger partial charge in [0.25, 0.3) is 0 Å². The molecule has 1 aliphatic heterocycles. The van der Waals surface area contributed by atoms with Crippen molar-refractivity contribution in [3.63, 3.8) is 0 Å². The smallest absolute Gasteiger partial charge is 0.153 e. The van der Waals surface area contributed by atoms with Gasteiger partial charge in [0, 0.05) is 6.42 Å². The summed E-state index contributed by atoms with van der Waals surface area (Å²) in [5.41, 5.74) is -0.183. The molecule has 0 aromatic heterocycles. The van der Waals surface area contributed by atoms with Crippen LogP contribution in [0.25, 0.3) is 0 Å². The van der Waals surface area contributed by atoms with Crippen molar-refractivity contribution in [2.75, 3.05) is 6.54 Å². The average Bonchev–Trinajstić information content (AvgIpc) is 2.64. The molecule has 1 N–H and O–H groups in total. The first-order chi connectivity index (χ1) is 6.75. The summed E-state index contributed by atoms with van der Waals surface area (Å²) in [6.07, 6.45) is 7.52. The Kier molecular flexibility index (Phi) is 4.33. The summed E-state index contributed by atoms with van der Waals surface area (Å²) < 4.78 is 0. The van der Waals surface area contributed by atoms with Gasteiger partial charge < -0.3 is 5.32 Å². The molecule has 1 heterocycles. The third-order valence-electron chi connectivity index (χ3n) is 3.03. The van der Waals surface area contributed by atoms with Crippen molar-refractivity contribution in [3.05, 3.63) is 12.7 Å². The lowest BCUT2D eigenvalue weighted by atomic mass is 9.85. The predicted octanol–water partition coefficient (Wildman–Crippen LogP) is 2.44. The maximum absolute atomic E-state index is 12.0. The van der Waals surface area contributed by atoms with E-state index in [1.165, 1.54) is 0 Å². The van der Waals surface area contributed by atoms with Gasteiger partial charge in [0.05, 0.1) is 5.54 Å². The van der Waals surface area contributed by atoms with Gasteiger partial charge in [-0.05, 0) is 32.2 Å². The molecule has 1 atom stereocenters. The first-order valence-electron chi connectivity index (χ1n) is 5.64. The Balaban J connectivity index is 2.56. The number of carbonyl (C=O) groups excluding carboxylic acids is 1. The highest BCUT2D eigenvalue weighted by atomic mass is 16.1. The SMILES string of the molecule is C=CCCC(=O)C1(CCC)CCCN1. The van der Waals surface area contributed by atoms with Crippen molar-refractivity contribution in [1.82, 2.24) is 5.32 Å². The molecule has 0 radical (unpaired) electrons. The monoisotopic (exact) mass is 195 g/mol. The summed E-state index contributed by atoms with van der Waals surface area (Å²) in [6.45, 7) is 6.80. The van der Waals surface area contributed by atoms with Crippen LogP contribution in [0.5, 0.6) is 0 Å². The standard InChI is InChI=1S/C12H21NO/c1-3-5-7-11(14)12(8-4-2)9-6-10-13-12/h3,13H,1,4-10H2,2H3. The highest BCUT2D eigenvalue weighted by molar-refractivity contribution is 5.88. The Morgan fingerprint density at radius 1 is 1.64 bits per heavy atom. The van der Waals surface area contributed by atoms with Crippen molar-refractivity contribution in [2.24, 2.45) is 0 Å². The number of ketones is 1. The molecule has 0 aliphatic carbocycles. The summed E-state index contributed by atoms with van der Waals surface area (Å²) in [6, 6.07) is 0. The normalized spacial score (nSPS) is 26.4. The number of hydrogen-bond donors (Lipinski definition) is 1. The number of nitrogens with one attached hydrogen (secondary N) is 1. The predicted molar refractivity (Wildman–Crippen MR) is 59.3 cm³/mol. The number of carbonyl (C=O) groups is 1. The number of rotatable bonds is 6. The summed E-state index contributed by atoms with van der Waals surface area (Å²) in [5, 5.41) is 3.40. The maximum Gasteiger partial charge on any atom is 0.153 e. The van der Waals surface area contributed by atoms with Gasteiger partial charge in [-0.1, -0.05) is 19.4 Å². The van der Waals surface area contributed by atoms with E-state index in [0.29, 0.717) is 12.2 Å². The van der Waals surface area contributed by atoms with Crippen LogP contribution >= 0.6 is 0 Å². The molecular weight excluding hydrogens is 174 g/mol. The number of hydrogen-bond acceptors (Lipinski definition) is 2. The minimum Gasteiger partial charge on any atom is -0.305 e. The Hall–Kier alpha value is -0.630.